The van der Waals surface area contributed by atoms with Gasteiger partial charge < -0.3 is 9.84 Å². The van der Waals surface area contributed by atoms with E-state index in [2.05, 4.69) is 9.97 Å². The number of phenols is 1. The summed E-state index contributed by atoms with van der Waals surface area (Å²) in [5.41, 5.74) is -0.388. The molecule has 1 aromatic carbocycles. The van der Waals surface area contributed by atoms with Gasteiger partial charge in [-0.3, -0.25) is 9.78 Å². The largest absolute Gasteiger partial charge is 0.506 e. The molecule has 1 amide bonds. The number of aromatic nitrogens is 2. The lowest BCUT2D eigenvalue weighted by Crippen LogP contribution is -2.35. The number of rotatable bonds is 5. The van der Waals surface area contributed by atoms with Crippen LogP contribution < -0.4 is 9.03 Å². The zero-order valence-corrected chi connectivity index (χ0v) is 19.3. The van der Waals surface area contributed by atoms with Crippen molar-refractivity contribution in [2.24, 2.45) is 0 Å². The smallest absolute Gasteiger partial charge is 0.326 e. The van der Waals surface area contributed by atoms with E-state index in [0.717, 1.165) is 12.5 Å². The minimum atomic E-state index is -4.37. The average molecular weight is 514 g/mol. The number of nitrogens with one attached hydrogen (secondary N) is 1. The molecule has 0 bridgehead atoms. The zero-order chi connectivity index (χ0) is 24.3. The summed E-state index contributed by atoms with van der Waals surface area (Å²) in [6, 6.07) is 1.05. The number of hydrogen-bond acceptors (Lipinski definition) is 9. The van der Waals surface area contributed by atoms with Crippen molar-refractivity contribution in [1.82, 2.24) is 19.0 Å². The first-order valence-electron chi connectivity index (χ1n) is 10.4. The van der Waals surface area contributed by atoms with Crippen LogP contribution in [0.2, 0.25) is 0 Å². The molecule has 0 radical (unpaired) electrons. The highest BCUT2D eigenvalue weighted by Gasteiger charge is 2.38. The number of benzene rings is 1. The molecule has 0 spiro atoms. The number of sulfonamides is 1. The molecule has 2 fully saturated rings. The number of carbonyl (C=O) groups is 1. The summed E-state index contributed by atoms with van der Waals surface area (Å²) in [5, 5.41) is 10.2. The molecule has 0 saturated carbocycles. The molecular formula is C19H20FN5O7S2. The SMILES string of the molecule is O=C1CN(c2c(O)cc3ncc(C4=CCN(S(=O)(=O)CC5CCCO5)C4)nc3c2F)S(=O)(=O)N1. The van der Waals surface area contributed by atoms with Gasteiger partial charge in [0.2, 0.25) is 10.0 Å². The van der Waals surface area contributed by atoms with Crippen LogP contribution in [0.15, 0.2) is 18.3 Å². The molecule has 182 valence electrons. The van der Waals surface area contributed by atoms with Crippen LogP contribution in [0.1, 0.15) is 18.5 Å². The van der Waals surface area contributed by atoms with E-state index in [1.54, 1.807) is 10.8 Å². The second-order valence-electron chi connectivity index (χ2n) is 8.15. The third-order valence-corrected chi connectivity index (χ3v) is 9.07. The van der Waals surface area contributed by atoms with Gasteiger partial charge in [-0.25, -0.2) is 26.8 Å². The Morgan fingerprint density at radius 3 is 2.79 bits per heavy atom. The van der Waals surface area contributed by atoms with Crippen LogP contribution in [0, 0.1) is 5.82 Å². The Bertz CT molecular complexity index is 1440. The molecule has 1 atom stereocenters. The molecule has 3 aliphatic rings. The molecule has 3 aliphatic heterocycles. The third kappa shape index (κ3) is 3.97. The predicted octanol–water partition coefficient (Wildman–Crippen LogP) is -0.137. The van der Waals surface area contributed by atoms with E-state index in [-0.39, 0.29) is 41.7 Å². The van der Waals surface area contributed by atoms with Crippen molar-refractivity contribution in [3.05, 3.63) is 29.9 Å². The minimum absolute atomic E-state index is 0.0146. The second kappa shape index (κ2) is 8.11. The molecule has 4 heterocycles. The fourth-order valence-corrected chi connectivity index (χ4v) is 6.92. The molecule has 12 nitrogen and oxygen atoms in total. The Labute approximate surface area is 194 Å². The van der Waals surface area contributed by atoms with Gasteiger partial charge in [-0.15, -0.1) is 0 Å². The fourth-order valence-electron chi connectivity index (χ4n) is 4.17. The summed E-state index contributed by atoms with van der Waals surface area (Å²) in [6.45, 7) is -0.0233. The molecule has 2 aromatic rings. The average Bonchev–Trinajstić information content (AvgIpc) is 3.49. The monoisotopic (exact) mass is 513 g/mol. The Hall–Kier alpha value is -2.88. The van der Waals surface area contributed by atoms with E-state index in [0.29, 0.717) is 22.9 Å². The number of ether oxygens (including phenoxy) is 1. The minimum Gasteiger partial charge on any atom is -0.506 e. The third-order valence-electron chi connectivity index (χ3n) is 5.83. The van der Waals surface area contributed by atoms with E-state index in [1.165, 1.54) is 10.5 Å². The van der Waals surface area contributed by atoms with Crippen molar-refractivity contribution in [3.63, 3.8) is 0 Å². The van der Waals surface area contributed by atoms with E-state index >= 15 is 4.39 Å². The van der Waals surface area contributed by atoms with Gasteiger partial charge >= 0.3 is 10.2 Å². The summed E-state index contributed by atoms with van der Waals surface area (Å²) >= 11 is 0. The van der Waals surface area contributed by atoms with Crippen molar-refractivity contribution in [3.8, 4) is 5.75 Å². The number of nitrogens with zero attached hydrogens (tertiary/aromatic N) is 4. The molecular weight excluding hydrogens is 493 g/mol. The van der Waals surface area contributed by atoms with Crippen molar-refractivity contribution in [1.29, 1.82) is 0 Å². The van der Waals surface area contributed by atoms with Crippen LogP contribution in [-0.2, 0) is 29.8 Å². The number of fused-ring (bicyclic) bond motifs is 1. The van der Waals surface area contributed by atoms with Crippen LogP contribution in [0.3, 0.4) is 0 Å². The summed E-state index contributed by atoms with van der Waals surface area (Å²) in [4.78, 5) is 19.9. The van der Waals surface area contributed by atoms with Gasteiger partial charge in [0.15, 0.2) is 5.82 Å². The highest BCUT2D eigenvalue weighted by Crippen LogP contribution is 2.37. The lowest BCUT2D eigenvalue weighted by atomic mass is 10.2. The molecule has 1 aromatic heterocycles. The fraction of sp³-hybridized carbons (Fsp3) is 0.421. The first-order valence-corrected chi connectivity index (χ1v) is 13.4. The Morgan fingerprint density at radius 2 is 2.12 bits per heavy atom. The van der Waals surface area contributed by atoms with Crippen LogP contribution in [0.25, 0.3) is 16.6 Å². The number of anilines is 1. The molecule has 2 N–H and O–H groups in total. The molecule has 0 aliphatic carbocycles. The standard InChI is InChI=1S/C19H20FN5O7S2/c20-17-18-13(6-15(26)19(17)25-9-16(27)23-34(25,30)31)21-7-14(22-18)11-3-4-24(8-11)33(28,29)10-12-2-1-5-32-12/h3,6-7,12,26H,1-2,4-5,8-10H2,(H,23,27). The summed E-state index contributed by atoms with van der Waals surface area (Å²) in [7, 11) is -7.96. The highest BCUT2D eigenvalue weighted by atomic mass is 32.2. The second-order valence-corrected chi connectivity index (χ2v) is 11.8. The van der Waals surface area contributed by atoms with Crippen LogP contribution in [-0.4, -0.2) is 80.2 Å². The number of halogens is 1. The number of hydrogen-bond donors (Lipinski definition) is 2. The van der Waals surface area contributed by atoms with Crippen molar-refractivity contribution in [2.75, 3.05) is 36.3 Å². The first kappa shape index (κ1) is 22.9. The van der Waals surface area contributed by atoms with E-state index in [9.17, 15) is 26.7 Å². The van der Waals surface area contributed by atoms with E-state index in [1.807, 2.05) is 0 Å². The summed E-state index contributed by atoms with van der Waals surface area (Å²) < 4.78 is 74.0. The summed E-state index contributed by atoms with van der Waals surface area (Å²) in [5.74, 6) is -2.89. The maximum atomic E-state index is 15.4. The van der Waals surface area contributed by atoms with Crippen LogP contribution in [0.4, 0.5) is 10.1 Å². The number of aromatic hydroxyl groups is 1. The predicted molar refractivity (Wildman–Crippen MR) is 118 cm³/mol. The van der Waals surface area contributed by atoms with E-state index < -0.39 is 49.9 Å². The lowest BCUT2D eigenvalue weighted by Gasteiger charge is -2.19. The molecule has 15 heteroatoms. The summed E-state index contributed by atoms with van der Waals surface area (Å²) in [6.07, 6.45) is 4.14. The van der Waals surface area contributed by atoms with Crippen molar-refractivity contribution < 1.29 is 35.9 Å². The van der Waals surface area contributed by atoms with Gasteiger partial charge in [-0.05, 0) is 18.4 Å². The highest BCUT2D eigenvalue weighted by molar-refractivity contribution is 7.92. The number of amides is 1. The Kier molecular flexibility index (Phi) is 5.46. The molecule has 1 unspecified atom stereocenters. The van der Waals surface area contributed by atoms with Gasteiger partial charge in [0.1, 0.15) is 23.5 Å². The topological polar surface area (TPSA) is 159 Å². The van der Waals surface area contributed by atoms with Gasteiger partial charge in [0.05, 0.1) is 29.3 Å². The van der Waals surface area contributed by atoms with Gasteiger partial charge in [-0.2, -0.15) is 12.7 Å². The molecule has 34 heavy (non-hydrogen) atoms. The van der Waals surface area contributed by atoms with Gasteiger partial charge in [0, 0.05) is 25.8 Å². The molecule has 2 saturated heterocycles. The Morgan fingerprint density at radius 1 is 1.32 bits per heavy atom. The zero-order valence-electron chi connectivity index (χ0n) is 17.6. The number of phenolic OH excluding ortho intramolecular Hbond substituents is 1. The normalized spacial score (nSPS) is 23.0. The number of carbonyl (C=O) groups excluding carboxylic acids is 1. The lowest BCUT2D eigenvalue weighted by molar-refractivity contribution is -0.117. The maximum absolute atomic E-state index is 15.4. The Balaban J connectivity index is 1.45. The van der Waals surface area contributed by atoms with Crippen LogP contribution >= 0.6 is 0 Å². The maximum Gasteiger partial charge on any atom is 0.326 e. The van der Waals surface area contributed by atoms with Crippen molar-refractivity contribution in [2.45, 2.75) is 18.9 Å². The quantitative estimate of drug-likeness (QED) is 0.555. The van der Waals surface area contributed by atoms with Gasteiger partial charge in [-0.1, -0.05) is 6.08 Å². The first-order chi connectivity index (χ1) is 16.0. The van der Waals surface area contributed by atoms with Gasteiger partial charge in [0.25, 0.3) is 5.91 Å². The van der Waals surface area contributed by atoms with Crippen LogP contribution in [0.5, 0.6) is 5.75 Å². The molecule has 5 rings (SSSR count). The van der Waals surface area contributed by atoms with Crippen molar-refractivity contribution >= 4 is 48.4 Å². The van der Waals surface area contributed by atoms with E-state index in [4.69, 9.17) is 4.74 Å².